The summed E-state index contributed by atoms with van der Waals surface area (Å²) in [7, 11) is 0. The highest BCUT2D eigenvalue weighted by atomic mass is 32.1. The van der Waals surface area contributed by atoms with Crippen molar-refractivity contribution in [1.29, 1.82) is 0 Å². The van der Waals surface area contributed by atoms with Gasteiger partial charge in [-0.1, -0.05) is 72.8 Å². The summed E-state index contributed by atoms with van der Waals surface area (Å²) in [4.78, 5) is 0. The zero-order chi connectivity index (χ0) is 17.1. The van der Waals surface area contributed by atoms with Crippen molar-refractivity contribution in [2.75, 3.05) is 0 Å². The zero-order valence-corrected chi connectivity index (χ0v) is 14.4. The predicted molar refractivity (Wildman–Crippen MR) is 103 cm³/mol. The van der Waals surface area contributed by atoms with Crippen LogP contribution in [0.5, 0.6) is 0 Å². The molecule has 25 heavy (non-hydrogen) atoms. The lowest BCUT2D eigenvalue weighted by molar-refractivity contribution is 0.903. The molecule has 0 unspecified atom stereocenters. The summed E-state index contributed by atoms with van der Waals surface area (Å²) < 4.78 is 2.61. The number of H-pyrrole nitrogens is 1. The van der Waals surface area contributed by atoms with Gasteiger partial charge in [0.1, 0.15) is 5.82 Å². The van der Waals surface area contributed by atoms with E-state index in [1.165, 1.54) is 16.7 Å². The average molecular weight is 343 g/mol. The summed E-state index contributed by atoms with van der Waals surface area (Å²) in [5.41, 5.74) is 4.67. The zero-order valence-electron chi connectivity index (χ0n) is 13.6. The van der Waals surface area contributed by atoms with Crippen LogP contribution in [0, 0.1) is 4.77 Å². The van der Waals surface area contributed by atoms with Gasteiger partial charge in [-0.15, -0.1) is 0 Å². The van der Waals surface area contributed by atoms with Crippen LogP contribution in [-0.2, 0) is 6.42 Å². The van der Waals surface area contributed by atoms with Crippen LogP contribution in [0.2, 0.25) is 0 Å². The molecule has 4 rings (SSSR count). The van der Waals surface area contributed by atoms with Crippen LogP contribution in [0.15, 0.2) is 84.9 Å². The number of hydrogen-bond donors (Lipinski definition) is 1. The molecule has 0 saturated heterocycles. The molecule has 4 aromatic rings. The van der Waals surface area contributed by atoms with Crippen LogP contribution in [0.3, 0.4) is 0 Å². The number of benzene rings is 3. The first-order chi connectivity index (χ1) is 12.3. The van der Waals surface area contributed by atoms with E-state index in [0.717, 1.165) is 11.5 Å². The summed E-state index contributed by atoms with van der Waals surface area (Å²) in [5, 5.41) is 7.40. The third-order valence-electron chi connectivity index (χ3n) is 4.21. The summed E-state index contributed by atoms with van der Waals surface area (Å²) in [6, 6.07) is 28.9. The first kappa shape index (κ1) is 15.5. The van der Waals surface area contributed by atoms with E-state index in [1.807, 2.05) is 41.0 Å². The standard InChI is InChI=1S/C21H17N3S/c25-21-23-22-20(24(21)18-12-5-2-6-13-18)15-17-11-7-8-14-19(17)16-9-3-1-4-10-16/h1-14H,15H2,(H,23,25). The molecule has 0 radical (unpaired) electrons. The van der Waals surface area contributed by atoms with E-state index in [0.29, 0.717) is 11.2 Å². The molecular weight excluding hydrogens is 326 g/mol. The minimum Gasteiger partial charge on any atom is -0.272 e. The van der Waals surface area contributed by atoms with Crippen LogP contribution in [0.4, 0.5) is 0 Å². The molecule has 0 atom stereocenters. The molecular formula is C21H17N3S. The fourth-order valence-corrected chi connectivity index (χ4v) is 3.29. The average Bonchev–Trinajstić information content (AvgIpc) is 3.04. The van der Waals surface area contributed by atoms with Crippen molar-refractivity contribution in [2.24, 2.45) is 0 Å². The minimum atomic E-state index is 0.610. The SMILES string of the molecule is S=c1[nH]nc(Cc2ccccc2-c2ccccc2)n1-c1ccccc1. The van der Waals surface area contributed by atoms with Crippen LogP contribution in [-0.4, -0.2) is 14.8 Å². The van der Waals surface area contributed by atoms with Gasteiger partial charge in [0.15, 0.2) is 4.77 Å². The second kappa shape index (κ2) is 6.87. The number of para-hydroxylation sites is 1. The summed E-state index contributed by atoms with van der Waals surface area (Å²) >= 11 is 5.44. The highest BCUT2D eigenvalue weighted by molar-refractivity contribution is 7.71. The molecule has 3 aromatic carbocycles. The van der Waals surface area contributed by atoms with Gasteiger partial charge >= 0.3 is 0 Å². The van der Waals surface area contributed by atoms with E-state index >= 15 is 0 Å². The Kier molecular flexibility index (Phi) is 4.27. The minimum absolute atomic E-state index is 0.610. The molecule has 0 spiro atoms. The van der Waals surface area contributed by atoms with Gasteiger partial charge in [0.05, 0.1) is 0 Å². The molecule has 3 nitrogen and oxygen atoms in total. The van der Waals surface area contributed by atoms with Crippen LogP contribution in [0.25, 0.3) is 16.8 Å². The highest BCUT2D eigenvalue weighted by Crippen LogP contribution is 2.25. The number of aromatic amines is 1. The molecule has 0 aliphatic rings. The third kappa shape index (κ3) is 3.16. The molecule has 1 aromatic heterocycles. The monoisotopic (exact) mass is 343 g/mol. The lowest BCUT2D eigenvalue weighted by atomic mass is 9.97. The topological polar surface area (TPSA) is 33.6 Å². The Morgan fingerprint density at radius 2 is 1.44 bits per heavy atom. The van der Waals surface area contributed by atoms with Crippen molar-refractivity contribution in [3.63, 3.8) is 0 Å². The van der Waals surface area contributed by atoms with Gasteiger partial charge in [0.25, 0.3) is 0 Å². The van der Waals surface area contributed by atoms with Gasteiger partial charge in [-0.05, 0) is 41.0 Å². The van der Waals surface area contributed by atoms with E-state index in [2.05, 4.69) is 58.7 Å². The van der Waals surface area contributed by atoms with Crippen molar-refractivity contribution < 1.29 is 0 Å². The molecule has 0 bridgehead atoms. The fraction of sp³-hybridized carbons (Fsp3) is 0.0476. The van der Waals surface area contributed by atoms with E-state index in [4.69, 9.17) is 12.2 Å². The number of rotatable bonds is 4. The van der Waals surface area contributed by atoms with E-state index in [9.17, 15) is 0 Å². The maximum atomic E-state index is 5.44. The van der Waals surface area contributed by atoms with E-state index in [1.54, 1.807) is 0 Å². The molecule has 0 amide bonds. The normalized spacial score (nSPS) is 10.7. The third-order valence-corrected chi connectivity index (χ3v) is 4.48. The Balaban J connectivity index is 1.77. The van der Waals surface area contributed by atoms with Gasteiger partial charge in [-0.2, -0.15) is 5.10 Å². The maximum Gasteiger partial charge on any atom is 0.199 e. The molecule has 4 heteroatoms. The Morgan fingerprint density at radius 3 is 2.20 bits per heavy atom. The van der Waals surface area contributed by atoms with Gasteiger partial charge in [0, 0.05) is 12.1 Å². The predicted octanol–water partition coefficient (Wildman–Crippen LogP) is 5.19. The molecule has 0 aliphatic carbocycles. The van der Waals surface area contributed by atoms with Crippen molar-refractivity contribution in [1.82, 2.24) is 14.8 Å². The number of nitrogens with one attached hydrogen (secondary N) is 1. The second-order valence-electron chi connectivity index (χ2n) is 5.82. The molecule has 0 aliphatic heterocycles. The number of hydrogen-bond acceptors (Lipinski definition) is 2. The molecule has 122 valence electrons. The number of aromatic nitrogens is 3. The molecule has 0 saturated carbocycles. The van der Waals surface area contributed by atoms with E-state index in [-0.39, 0.29) is 0 Å². The van der Waals surface area contributed by atoms with Crippen molar-refractivity contribution in [2.45, 2.75) is 6.42 Å². The van der Waals surface area contributed by atoms with Crippen molar-refractivity contribution in [3.8, 4) is 16.8 Å². The lowest BCUT2D eigenvalue weighted by Crippen LogP contribution is -2.03. The van der Waals surface area contributed by atoms with Crippen LogP contribution >= 0.6 is 12.2 Å². The first-order valence-corrected chi connectivity index (χ1v) is 8.59. The Bertz CT molecular complexity index is 1030. The highest BCUT2D eigenvalue weighted by Gasteiger charge is 2.12. The molecule has 1 heterocycles. The van der Waals surface area contributed by atoms with Crippen LogP contribution < -0.4 is 0 Å². The quantitative estimate of drug-likeness (QED) is 0.518. The molecule has 1 N–H and O–H groups in total. The van der Waals surface area contributed by atoms with Gasteiger partial charge < -0.3 is 0 Å². The smallest absolute Gasteiger partial charge is 0.199 e. The maximum absolute atomic E-state index is 5.44. The second-order valence-corrected chi connectivity index (χ2v) is 6.20. The summed E-state index contributed by atoms with van der Waals surface area (Å²) in [6.45, 7) is 0. The Labute approximate surface area is 151 Å². The summed E-state index contributed by atoms with van der Waals surface area (Å²) in [6.07, 6.45) is 0.701. The largest absolute Gasteiger partial charge is 0.272 e. The summed E-state index contributed by atoms with van der Waals surface area (Å²) in [5.74, 6) is 0.902. The van der Waals surface area contributed by atoms with Gasteiger partial charge in [-0.3, -0.25) is 9.67 Å². The first-order valence-electron chi connectivity index (χ1n) is 8.18. The Hall–Kier alpha value is -2.98. The Morgan fingerprint density at radius 1 is 0.800 bits per heavy atom. The lowest BCUT2D eigenvalue weighted by Gasteiger charge is -2.11. The molecule has 0 fully saturated rings. The van der Waals surface area contributed by atoms with Crippen molar-refractivity contribution >= 4 is 12.2 Å². The number of nitrogens with zero attached hydrogens (tertiary/aromatic N) is 2. The van der Waals surface area contributed by atoms with E-state index < -0.39 is 0 Å². The van der Waals surface area contributed by atoms with Gasteiger partial charge in [-0.25, -0.2) is 0 Å². The van der Waals surface area contributed by atoms with Gasteiger partial charge in [0.2, 0.25) is 0 Å². The van der Waals surface area contributed by atoms with Crippen molar-refractivity contribution in [3.05, 3.63) is 101 Å². The van der Waals surface area contributed by atoms with Crippen LogP contribution in [0.1, 0.15) is 11.4 Å². The fourth-order valence-electron chi connectivity index (χ4n) is 3.04.